The Morgan fingerprint density at radius 1 is 1.43 bits per heavy atom. The summed E-state index contributed by atoms with van der Waals surface area (Å²) in [4.78, 5) is 11.5. The lowest BCUT2D eigenvalue weighted by Crippen LogP contribution is -2.32. The number of halogens is 1. The summed E-state index contributed by atoms with van der Waals surface area (Å²) in [6, 6.07) is 4.21. The monoisotopic (exact) mass is 308 g/mol. The fourth-order valence-electron chi connectivity index (χ4n) is 3.31. The van der Waals surface area contributed by atoms with Crippen molar-refractivity contribution in [1.82, 2.24) is 5.32 Å². The molecule has 1 aromatic carbocycles. The quantitative estimate of drug-likeness (QED) is 0.899. The molecule has 2 aliphatic rings. The molecule has 5 heteroatoms. The van der Waals surface area contributed by atoms with Gasteiger partial charge < -0.3 is 15.4 Å². The van der Waals surface area contributed by atoms with Crippen molar-refractivity contribution in [2.24, 2.45) is 5.92 Å². The van der Waals surface area contributed by atoms with Gasteiger partial charge in [0.2, 0.25) is 5.91 Å². The number of hydrogen-bond acceptors (Lipinski definition) is 3. The van der Waals surface area contributed by atoms with Crippen LogP contribution in [-0.2, 0) is 16.0 Å². The highest BCUT2D eigenvalue weighted by Gasteiger charge is 2.28. The van der Waals surface area contributed by atoms with Crippen molar-refractivity contribution in [2.45, 2.75) is 32.2 Å². The van der Waals surface area contributed by atoms with Crippen LogP contribution < -0.4 is 10.6 Å². The zero-order valence-corrected chi connectivity index (χ0v) is 13.0. The highest BCUT2D eigenvalue weighted by atomic mass is 35.5. The van der Waals surface area contributed by atoms with E-state index in [1.165, 1.54) is 0 Å². The number of ether oxygens (including phenoxy) is 1. The molecule has 1 aromatic rings. The minimum absolute atomic E-state index is 0.0456. The Morgan fingerprint density at radius 2 is 2.19 bits per heavy atom. The third kappa shape index (κ3) is 3.07. The SMILES string of the molecule is CCNC(c1cc2c(cc1Cl)NC(=O)C2)C1CCOCC1. The number of hydrogen-bond donors (Lipinski definition) is 2. The molecule has 0 aliphatic carbocycles. The highest BCUT2D eigenvalue weighted by molar-refractivity contribution is 6.32. The van der Waals surface area contributed by atoms with Crippen molar-refractivity contribution in [2.75, 3.05) is 25.1 Å². The van der Waals surface area contributed by atoms with Crippen molar-refractivity contribution >= 4 is 23.2 Å². The molecular formula is C16H21ClN2O2. The Bertz CT molecular complexity index is 541. The minimum Gasteiger partial charge on any atom is -0.381 e. The summed E-state index contributed by atoms with van der Waals surface area (Å²) in [6.07, 6.45) is 2.54. The van der Waals surface area contributed by atoms with Gasteiger partial charge in [0.05, 0.1) is 6.42 Å². The Kier molecular flexibility index (Phi) is 4.48. The number of benzene rings is 1. The molecule has 0 saturated carbocycles. The largest absolute Gasteiger partial charge is 0.381 e. The van der Waals surface area contributed by atoms with Gasteiger partial charge in [-0.3, -0.25) is 4.79 Å². The Balaban J connectivity index is 1.92. The van der Waals surface area contributed by atoms with E-state index < -0.39 is 0 Å². The van der Waals surface area contributed by atoms with Crippen molar-refractivity contribution < 1.29 is 9.53 Å². The van der Waals surface area contributed by atoms with Gasteiger partial charge in [0.1, 0.15) is 0 Å². The van der Waals surface area contributed by atoms with Gasteiger partial charge in [-0.2, -0.15) is 0 Å². The van der Waals surface area contributed by atoms with Gasteiger partial charge in [-0.15, -0.1) is 0 Å². The third-order valence-electron chi connectivity index (χ3n) is 4.34. The molecule has 0 bridgehead atoms. The second kappa shape index (κ2) is 6.34. The average molecular weight is 309 g/mol. The van der Waals surface area contributed by atoms with Crippen molar-refractivity contribution in [3.63, 3.8) is 0 Å². The molecule has 1 atom stereocenters. The van der Waals surface area contributed by atoms with E-state index in [2.05, 4.69) is 23.6 Å². The fraction of sp³-hybridized carbons (Fsp3) is 0.562. The predicted octanol–water partition coefficient (Wildman–Crippen LogP) is 2.91. The molecule has 0 radical (unpaired) electrons. The van der Waals surface area contributed by atoms with Gasteiger partial charge in [-0.25, -0.2) is 0 Å². The molecule has 1 fully saturated rings. The van der Waals surface area contributed by atoms with Crippen LogP contribution in [0.5, 0.6) is 0 Å². The van der Waals surface area contributed by atoms with E-state index in [1.54, 1.807) is 0 Å². The summed E-state index contributed by atoms with van der Waals surface area (Å²) in [5.41, 5.74) is 3.02. The molecule has 1 unspecified atom stereocenters. The first kappa shape index (κ1) is 14.8. The standard InChI is InChI=1S/C16H21ClN2O2/c1-2-18-16(10-3-5-21-6-4-10)12-7-11-8-15(20)19-14(11)9-13(12)17/h7,9-10,16,18H,2-6,8H2,1H3,(H,19,20). The summed E-state index contributed by atoms with van der Waals surface area (Å²) in [7, 11) is 0. The number of carbonyl (C=O) groups is 1. The van der Waals surface area contributed by atoms with Gasteiger partial charge >= 0.3 is 0 Å². The molecule has 2 heterocycles. The summed E-state index contributed by atoms with van der Waals surface area (Å²) < 4.78 is 5.47. The first-order valence-corrected chi connectivity index (χ1v) is 8.00. The van der Waals surface area contributed by atoms with E-state index >= 15 is 0 Å². The normalized spacial score (nSPS) is 20.2. The summed E-state index contributed by atoms with van der Waals surface area (Å²) in [5, 5.41) is 7.15. The molecule has 2 N–H and O–H groups in total. The van der Waals surface area contributed by atoms with Crippen LogP contribution in [0.15, 0.2) is 12.1 Å². The molecular weight excluding hydrogens is 288 g/mol. The first-order valence-electron chi connectivity index (χ1n) is 7.62. The Labute approximate surface area is 130 Å². The van der Waals surface area contributed by atoms with E-state index in [4.69, 9.17) is 16.3 Å². The van der Waals surface area contributed by atoms with Gasteiger partial charge in [0, 0.05) is 30.0 Å². The van der Waals surface area contributed by atoms with E-state index in [0.29, 0.717) is 12.3 Å². The zero-order valence-electron chi connectivity index (χ0n) is 12.2. The molecule has 3 rings (SSSR count). The maximum absolute atomic E-state index is 11.5. The number of fused-ring (bicyclic) bond motifs is 1. The predicted molar refractivity (Wildman–Crippen MR) is 83.7 cm³/mol. The topological polar surface area (TPSA) is 50.4 Å². The van der Waals surface area contributed by atoms with E-state index in [1.807, 2.05) is 6.07 Å². The number of amides is 1. The molecule has 21 heavy (non-hydrogen) atoms. The minimum atomic E-state index is 0.0456. The zero-order chi connectivity index (χ0) is 14.8. The van der Waals surface area contributed by atoms with E-state index in [9.17, 15) is 4.79 Å². The number of anilines is 1. The maximum Gasteiger partial charge on any atom is 0.228 e. The van der Waals surface area contributed by atoms with Crippen LogP contribution in [0.1, 0.15) is 36.9 Å². The van der Waals surface area contributed by atoms with Crippen LogP contribution >= 0.6 is 11.6 Å². The number of nitrogens with one attached hydrogen (secondary N) is 2. The first-order chi connectivity index (χ1) is 10.2. The van der Waals surface area contributed by atoms with Gasteiger partial charge in [-0.05, 0) is 42.5 Å². The fourth-order valence-corrected chi connectivity index (χ4v) is 3.59. The molecule has 1 saturated heterocycles. The smallest absolute Gasteiger partial charge is 0.228 e. The van der Waals surface area contributed by atoms with Crippen LogP contribution in [0, 0.1) is 5.92 Å². The van der Waals surface area contributed by atoms with E-state index in [-0.39, 0.29) is 11.9 Å². The van der Waals surface area contributed by atoms with Gasteiger partial charge in [0.15, 0.2) is 0 Å². The van der Waals surface area contributed by atoms with E-state index in [0.717, 1.165) is 54.4 Å². The molecule has 1 amide bonds. The van der Waals surface area contributed by atoms with Crippen molar-refractivity contribution in [1.29, 1.82) is 0 Å². The lowest BCUT2D eigenvalue weighted by Gasteiger charge is -2.32. The Hall–Kier alpha value is -1.10. The van der Waals surface area contributed by atoms with Crippen molar-refractivity contribution in [3.05, 3.63) is 28.3 Å². The van der Waals surface area contributed by atoms with Crippen LogP contribution in [0.2, 0.25) is 5.02 Å². The summed E-state index contributed by atoms with van der Waals surface area (Å²) in [6.45, 7) is 4.63. The number of rotatable bonds is 4. The highest BCUT2D eigenvalue weighted by Crippen LogP contribution is 2.38. The molecule has 2 aliphatic heterocycles. The lowest BCUT2D eigenvalue weighted by molar-refractivity contribution is -0.115. The van der Waals surface area contributed by atoms with Crippen LogP contribution in [0.3, 0.4) is 0 Å². The van der Waals surface area contributed by atoms with Crippen LogP contribution in [-0.4, -0.2) is 25.7 Å². The third-order valence-corrected chi connectivity index (χ3v) is 4.67. The van der Waals surface area contributed by atoms with Gasteiger partial charge in [-0.1, -0.05) is 24.6 Å². The lowest BCUT2D eigenvalue weighted by atomic mass is 9.86. The van der Waals surface area contributed by atoms with Gasteiger partial charge in [0.25, 0.3) is 0 Å². The second-order valence-corrected chi connectivity index (χ2v) is 6.15. The Morgan fingerprint density at radius 3 is 2.90 bits per heavy atom. The molecule has 0 spiro atoms. The summed E-state index contributed by atoms with van der Waals surface area (Å²) in [5.74, 6) is 0.573. The van der Waals surface area contributed by atoms with Crippen LogP contribution in [0.4, 0.5) is 5.69 Å². The molecule has 114 valence electrons. The average Bonchev–Trinajstić information content (AvgIpc) is 2.84. The molecule has 0 aromatic heterocycles. The van der Waals surface area contributed by atoms with Crippen molar-refractivity contribution in [3.8, 4) is 0 Å². The molecule has 4 nitrogen and oxygen atoms in total. The van der Waals surface area contributed by atoms with Crippen LogP contribution in [0.25, 0.3) is 0 Å². The number of carbonyl (C=O) groups excluding carboxylic acids is 1. The second-order valence-electron chi connectivity index (χ2n) is 5.74. The maximum atomic E-state index is 11.5. The summed E-state index contributed by atoms with van der Waals surface area (Å²) >= 11 is 6.48.